The molecular formula is C19H22N4O2. The molecule has 4 aliphatic carbocycles. The summed E-state index contributed by atoms with van der Waals surface area (Å²) in [5.41, 5.74) is 6.41. The van der Waals surface area contributed by atoms with Gasteiger partial charge < -0.3 is 0 Å². The second kappa shape index (κ2) is 5.31. The lowest BCUT2D eigenvalue weighted by Crippen LogP contribution is -2.56. The Morgan fingerprint density at radius 3 is 2.40 bits per heavy atom. The molecule has 0 aliphatic heterocycles. The van der Waals surface area contributed by atoms with Crippen molar-refractivity contribution >= 4 is 22.7 Å². The zero-order valence-electron chi connectivity index (χ0n) is 14.0. The van der Waals surface area contributed by atoms with Crippen molar-refractivity contribution in [3.63, 3.8) is 0 Å². The minimum absolute atomic E-state index is 0.000631. The molecule has 25 heavy (non-hydrogen) atoms. The van der Waals surface area contributed by atoms with E-state index in [1.54, 1.807) is 18.3 Å². The summed E-state index contributed by atoms with van der Waals surface area (Å²) in [5, 5.41) is 7.58. The topological polar surface area (TPSA) is 86.9 Å². The Kier molecular flexibility index (Phi) is 3.17. The van der Waals surface area contributed by atoms with Gasteiger partial charge in [-0.2, -0.15) is 5.10 Å². The number of nitrogens with one attached hydrogen (secondary N) is 3. The van der Waals surface area contributed by atoms with E-state index in [2.05, 4.69) is 21.0 Å². The summed E-state index contributed by atoms with van der Waals surface area (Å²) in [6.45, 7) is 0. The molecule has 0 spiro atoms. The number of H-pyrrole nitrogens is 1. The number of carbonyl (C=O) groups is 2. The first kappa shape index (κ1) is 14.9. The molecule has 1 aromatic carbocycles. The molecule has 4 bridgehead atoms. The lowest BCUT2D eigenvalue weighted by atomic mass is 9.49. The van der Waals surface area contributed by atoms with Gasteiger partial charge in [-0.1, -0.05) is 6.07 Å². The fraction of sp³-hybridized carbons (Fsp3) is 0.526. The highest BCUT2D eigenvalue weighted by atomic mass is 16.2. The van der Waals surface area contributed by atoms with Crippen molar-refractivity contribution in [2.75, 3.05) is 0 Å². The summed E-state index contributed by atoms with van der Waals surface area (Å²) in [7, 11) is 0. The average molecular weight is 338 g/mol. The third-order valence-corrected chi connectivity index (χ3v) is 6.54. The summed E-state index contributed by atoms with van der Waals surface area (Å²) in [6, 6.07) is 5.41. The molecule has 3 N–H and O–H groups in total. The number of aromatic amines is 1. The molecule has 6 heteroatoms. The molecule has 2 aromatic rings. The van der Waals surface area contributed by atoms with Crippen molar-refractivity contribution in [1.82, 2.24) is 21.0 Å². The van der Waals surface area contributed by atoms with Crippen LogP contribution in [0.5, 0.6) is 0 Å². The Labute approximate surface area is 145 Å². The highest BCUT2D eigenvalue weighted by molar-refractivity contribution is 6.06. The van der Waals surface area contributed by atoms with E-state index in [9.17, 15) is 9.59 Å². The third-order valence-electron chi connectivity index (χ3n) is 6.54. The lowest BCUT2D eigenvalue weighted by Gasteiger charge is -2.55. The number of rotatable bonds is 2. The van der Waals surface area contributed by atoms with Crippen LogP contribution in [-0.2, 0) is 4.79 Å². The van der Waals surface area contributed by atoms with Crippen molar-refractivity contribution in [2.45, 2.75) is 38.5 Å². The third kappa shape index (κ3) is 2.34. The van der Waals surface area contributed by atoms with Crippen LogP contribution in [0.3, 0.4) is 0 Å². The fourth-order valence-electron chi connectivity index (χ4n) is 5.87. The van der Waals surface area contributed by atoms with E-state index in [-0.39, 0.29) is 17.2 Å². The maximum Gasteiger partial charge on any atom is 0.270 e. The quantitative estimate of drug-likeness (QED) is 0.736. The summed E-state index contributed by atoms with van der Waals surface area (Å²) < 4.78 is 0. The number of hydrogen-bond acceptors (Lipinski definition) is 3. The first-order chi connectivity index (χ1) is 12.1. The number of hydrazine groups is 1. The summed E-state index contributed by atoms with van der Waals surface area (Å²) in [5.74, 6) is 1.80. The molecule has 0 unspecified atom stereocenters. The standard InChI is InChI=1S/C19H22N4O2/c24-17(14-2-1-3-16-15(14)10-20-21-16)22-23-18(25)19-7-11-4-12(8-19)6-13(5-11)9-19/h1-3,10-13H,4-9H2,(H,20,21)(H,22,24)(H,23,25). The van der Waals surface area contributed by atoms with Gasteiger partial charge in [0.2, 0.25) is 5.91 Å². The Balaban J connectivity index is 1.31. The predicted octanol–water partition coefficient (Wildman–Crippen LogP) is 2.54. The van der Waals surface area contributed by atoms with Crippen LogP contribution in [-0.4, -0.2) is 22.0 Å². The monoisotopic (exact) mass is 338 g/mol. The van der Waals surface area contributed by atoms with Gasteiger partial charge in [0, 0.05) is 5.39 Å². The van der Waals surface area contributed by atoms with E-state index in [0.717, 1.165) is 30.2 Å². The second-order valence-electron chi connectivity index (χ2n) is 8.24. The number of hydrogen-bond donors (Lipinski definition) is 3. The second-order valence-corrected chi connectivity index (χ2v) is 8.24. The number of amides is 2. The minimum atomic E-state index is -0.301. The summed E-state index contributed by atoms with van der Waals surface area (Å²) >= 11 is 0. The van der Waals surface area contributed by atoms with Crippen molar-refractivity contribution < 1.29 is 9.59 Å². The molecule has 1 heterocycles. The average Bonchev–Trinajstić information content (AvgIpc) is 3.06. The van der Waals surface area contributed by atoms with Crippen LogP contribution in [0.25, 0.3) is 10.9 Å². The first-order valence-electron chi connectivity index (χ1n) is 9.16. The lowest BCUT2D eigenvalue weighted by molar-refractivity contribution is -0.147. The van der Waals surface area contributed by atoms with Gasteiger partial charge in [0.1, 0.15) is 0 Å². The van der Waals surface area contributed by atoms with Crippen LogP contribution in [0, 0.1) is 23.2 Å². The number of nitrogens with zero attached hydrogens (tertiary/aromatic N) is 1. The fourth-order valence-corrected chi connectivity index (χ4v) is 5.87. The van der Waals surface area contributed by atoms with E-state index in [1.807, 2.05) is 6.07 Å². The maximum absolute atomic E-state index is 12.9. The van der Waals surface area contributed by atoms with Crippen molar-refractivity contribution in [1.29, 1.82) is 0 Å². The summed E-state index contributed by atoms with van der Waals surface area (Å²) in [4.78, 5) is 25.4. The molecular weight excluding hydrogens is 316 g/mol. The van der Waals surface area contributed by atoms with Crippen LogP contribution < -0.4 is 10.9 Å². The zero-order valence-corrected chi connectivity index (χ0v) is 14.0. The largest absolute Gasteiger partial charge is 0.278 e. The van der Waals surface area contributed by atoms with E-state index in [1.165, 1.54) is 19.3 Å². The van der Waals surface area contributed by atoms with Crippen LogP contribution in [0.2, 0.25) is 0 Å². The minimum Gasteiger partial charge on any atom is -0.278 e. The molecule has 4 saturated carbocycles. The van der Waals surface area contributed by atoms with Gasteiger partial charge in [-0.15, -0.1) is 0 Å². The smallest absolute Gasteiger partial charge is 0.270 e. The molecule has 1 aromatic heterocycles. The van der Waals surface area contributed by atoms with E-state index >= 15 is 0 Å². The maximum atomic E-state index is 12.9. The van der Waals surface area contributed by atoms with Crippen molar-refractivity contribution in [3.8, 4) is 0 Å². The van der Waals surface area contributed by atoms with Gasteiger partial charge in [-0.25, -0.2) is 0 Å². The van der Waals surface area contributed by atoms with Crippen molar-refractivity contribution in [2.24, 2.45) is 23.2 Å². The molecule has 0 atom stereocenters. The number of carbonyl (C=O) groups excluding carboxylic acids is 2. The predicted molar refractivity (Wildman–Crippen MR) is 92.3 cm³/mol. The molecule has 4 aliphatic rings. The van der Waals surface area contributed by atoms with Crippen LogP contribution >= 0.6 is 0 Å². The van der Waals surface area contributed by atoms with Gasteiger partial charge in [0.25, 0.3) is 5.91 Å². The van der Waals surface area contributed by atoms with E-state index in [0.29, 0.717) is 23.3 Å². The van der Waals surface area contributed by atoms with Gasteiger partial charge in [0.15, 0.2) is 0 Å². The SMILES string of the molecule is O=C(NNC(=O)C12CC3CC(CC(C3)C1)C2)c1cccc2[nH]ncc12. The van der Waals surface area contributed by atoms with Gasteiger partial charge >= 0.3 is 0 Å². The normalized spacial score (nSPS) is 32.7. The van der Waals surface area contributed by atoms with Gasteiger partial charge in [0.05, 0.1) is 22.7 Å². The number of benzene rings is 1. The Morgan fingerprint density at radius 1 is 1.04 bits per heavy atom. The zero-order chi connectivity index (χ0) is 17.0. The number of fused-ring (bicyclic) bond motifs is 1. The van der Waals surface area contributed by atoms with E-state index in [4.69, 9.17) is 0 Å². The van der Waals surface area contributed by atoms with Crippen molar-refractivity contribution in [3.05, 3.63) is 30.0 Å². The highest BCUT2D eigenvalue weighted by Crippen LogP contribution is 2.60. The Morgan fingerprint density at radius 2 is 1.72 bits per heavy atom. The molecule has 6 rings (SSSR count). The van der Waals surface area contributed by atoms with Crippen LogP contribution in [0.4, 0.5) is 0 Å². The number of aromatic nitrogens is 2. The highest BCUT2D eigenvalue weighted by Gasteiger charge is 2.54. The molecule has 2 amide bonds. The molecule has 0 saturated heterocycles. The molecule has 0 radical (unpaired) electrons. The van der Waals surface area contributed by atoms with Crippen LogP contribution in [0.15, 0.2) is 24.4 Å². The van der Waals surface area contributed by atoms with Gasteiger partial charge in [-0.05, 0) is 68.4 Å². The summed E-state index contributed by atoms with van der Waals surface area (Å²) in [6.07, 6.45) is 8.46. The Hall–Kier alpha value is -2.37. The first-order valence-corrected chi connectivity index (χ1v) is 9.16. The van der Waals surface area contributed by atoms with E-state index < -0.39 is 0 Å². The van der Waals surface area contributed by atoms with Crippen LogP contribution in [0.1, 0.15) is 48.9 Å². The molecule has 6 nitrogen and oxygen atoms in total. The molecule has 4 fully saturated rings. The molecule has 130 valence electrons. The van der Waals surface area contributed by atoms with Gasteiger partial charge in [-0.3, -0.25) is 25.5 Å². The Bertz CT molecular complexity index is 821.